The van der Waals surface area contributed by atoms with Gasteiger partial charge in [-0.05, 0) is 18.4 Å². The second-order valence-electron chi connectivity index (χ2n) is 7.67. The Labute approximate surface area is 176 Å². The SMILES string of the molecule is C[C@@H]1CCN(c2ncc(Cl)c3ccccc23)CC1c1cc(C(F)F)nc2ncnn12. The topological polar surface area (TPSA) is 59.2 Å². The number of anilines is 1. The van der Waals surface area contributed by atoms with Crippen LogP contribution in [-0.4, -0.2) is 37.7 Å². The van der Waals surface area contributed by atoms with Gasteiger partial charge in [0.25, 0.3) is 12.2 Å². The second kappa shape index (κ2) is 7.43. The molecule has 1 aliphatic rings. The highest BCUT2D eigenvalue weighted by Crippen LogP contribution is 2.37. The van der Waals surface area contributed by atoms with Gasteiger partial charge in [0.2, 0.25) is 0 Å². The molecule has 1 saturated heterocycles. The van der Waals surface area contributed by atoms with E-state index in [2.05, 4.69) is 31.9 Å². The molecule has 4 aromatic rings. The van der Waals surface area contributed by atoms with E-state index >= 15 is 0 Å². The molecule has 6 nitrogen and oxygen atoms in total. The average Bonchev–Trinajstić information content (AvgIpc) is 3.23. The lowest BCUT2D eigenvalue weighted by Gasteiger charge is -2.38. The summed E-state index contributed by atoms with van der Waals surface area (Å²) in [6.07, 6.45) is 1.25. The monoisotopic (exact) mass is 428 g/mol. The fourth-order valence-corrected chi connectivity index (χ4v) is 4.49. The maximum atomic E-state index is 13.4. The summed E-state index contributed by atoms with van der Waals surface area (Å²) >= 11 is 6.34. The number of hydrogen-bond donors (Lipinski definition) is 0. The third-order valence-corrected chi connectivity index (χ3v) is 6.19. The van der Waals surface area contributed by atoms with Crippen LogP contribution in [-0.2, 0) is 0 Å². The van der Waals surface area contributed by atoms with Gasteiger partial charge in [-0.2, -0.15) is 10.1 Å². The molecule has 0 N–H and O–H groups in total. The normalized spacial score (nSPS) is 19.8. The number of aromatic nitrogens is 5. The third kappa shape index (κ3) is 3.15. The molecule has 4 heterocycles. The summed E-state index contributed by atoms with van der Waals surface area (Å²) in [5, 5.41) is 6.77. The highest BCUT2D eigenvalue weighted by Gasteiger charge is 2.32. The van der Waals surface area contributed by atoms with Crippen LogP contribution in [0.3, 0.4) is 0 Å². The van der Waals surface area contributed by atoms with Gasteiger partial charge in [-0.15, -0.1) is 0 Å². The quantitative estimate of drug-likeness (QED) is 0.465. The Balaban J connectivity index is 1.58. The molecule has 5 rings (SSSR count). The molecule has 30 heavy (non-hydrogen) atoms. The smallest absolute Gasteiger partial charge is 0.280 e. The number of nitrogens with zero attached hydrogens (tertiary/aromatic N) is 6. The van der Waals surface area contributed by atoms with Crippen LogP contribution in [0.1, 0.15) is 37.1 Å². The van der Waals surface area contributed by atoms with E-state index < -0.39 is 6.43 Å². The van der Waals surface area contributed by atoms with Gasteiger partial charge in [-0.3, -0.25) is 0 Å². The molecular weight excluding hydrogens is 410 g/mol. The summed E-state index contributed by atoms with van der Waals surface area (Å²) in [4.78, 5) is 14.8. The molecule has 0 radical (unpaired) electrons. The Morgan fingerprint density at radius 3 is 2.77 bits per heavy atom. The molecule has 1 unspecified atom stereocenters. The number of alkyl halides is 2. The van der Waals surface area contributed by atoms with Crippen molar-refractivity contribution >= 4 is 34.0 Å². The molecule has 0 aliphatic carbocycles. The van der Waals surface area contributed by atoms with Crippen molar-refractivity contribution in [2.45, 2.75) is 25.7 Å². The van der Waals surface area contributed by atoms with E-state index in [0.29, 0.717) is 17.3 Å². The predicted molar refractivity (Wildman–Crippen MR) is 111 cm³/mol. The number of halogens is 3. The van der Waals surface area contributed by atoms with Crippen molar-refractivity contribution in [1.29, 1.82) is 0 Å². The number of hydrogen-bond acceptors (Lipinski definition) is 5. The fourth-order valence-electron chi connectivity index (χ4n) is 4.27. The van der Waals surface area contributed by atoms with E-state index in [1.54, 1.807) is 10.7 Å². The summed E-state index contributed by atoms with van der Waals surface area (Å²) < 4.78 is 28.5. The van der Waals surface area contributed by atoms with Gasteiger partial charge in [0, 0.05) is 36.0 Å². The lowest BCUT2D eigenvalue weighted by molar-refractivity contribution is 0.146. The van der Waals surface area contributed by atoms with Gasteiger partial charge in [-0.25, -0.2) is 23.3 Å². The third-order valence-electron chi connectivity index (χ3n) is 5.89. The van der Waals surface area contributed by atoms with Crippen LogP contribution in [0.15, 0.2) is 42.9 Å². The Morgan fingerprint density at radius 1 is 1.17 bits per heavy atom. The van der Waals surface area contributed by atoms with E-state index in [1.807, 2.05) is 24.3 Å². The first kappa shape index (κ1) is 19.1. The highest BCUT2D eigenvalue weighted by molar-refractivity contribution is 6.35. The van der Waals surface area contributed by atoms with Crippen molar-refractivity contribution in [3.05, 3.63) is 59.3 Å². The average molecular weight is 429 g/mol. The molecule has 3 aromatic heterocycles. The van der Waals surface area contributed by atoms with E-state index in [9.17, 15) is 8.78 Å². The van der Waals surface area contributed by atoms with Crippen molar-refractivity contribution in [1.82, 2.24) is 24.6 Å². The van der Waals surface area contributed by atoms with Gasteiger partial charge in [0.1, 0.15) is 17.8 Å². The lowest BCUT2D eigenvalue weighted by Crippen LogP contribution is -2.39. The Kier molecular flexibility index (Phi) is 4.73. The van der Waals surface area contributed by atoms with Crippen molar-refractivity contribution < 1.29 is 8.78 Å². The number of fused-ring (bicyclic) bond motifs is 2. The summed E-state index contributed by atoms with van der Waals surface area (Å²) in [6.45, 7) is 3.59. The Morgan fingerprint density at radius 2 is 1.97 bits per heavy atom. The number of rotatable bonds is 3. The van der Waals surface area contributed by atoms with Crippen LogP contribution >= 0.6 is 11.6 Å². The van der Waals surface area contributed by atoms with Gasteiger partial charge in [0.15, 0.2) is 0 Å². The molecule has 1 aromatic carbocycles. The first-order valence-electron chi connectivity index (χ1n) is 9.80. The second-order valence-corrected chi connectivity index (χ2v) is 8.08. The molecule has 2 atom stereocenters. The van der Waals surface area contributed by atoms with E-state index in [-0.39, 0.29) is 23.3 Å². The number of pyridine rings is 1. The van der Waals surface area contributed by atoms with Crippen molar-refractivity contribution in [2.24, 2.45) is 5.92 Å². The van der Waals surface area contributed by atoms with Crippen LogP contribution in [0.2, 0.25) is 5.02 Å². The van der Waals surface area contributed by atoms with Crippen LogP contribution in [0.25, 0.3) is 16.6 Å². The maximum Gasteiger partial charge on any atom is 0.280 e. The van der Waals surface area contributed by atoms with Crippen molar-refractivity contribution in [3.63, 3.8) is 0 Å². The molecule has 0 saturated carbocycles. The minimum atomic E-state index is -2.66. The van der Waals surface area contributed by atoms with E-state index in [4.69, 9.17) is 11.6 Å². The van der Waals surface area contributed by atoms with Crippen molar-refractivity contribution in [2.75, 3.05) is 18.0 Å². The first-order chi connectivity index (χ1) is 14.5. The minimum absolute atomic E-state index is 0.0281. The Hall–Kier alpha value is -2.87. The summed E-state index contributed by atoms with van der Waals surface area (Å²) in [5.41, 5.74) is 0.424. The number of piperidine rings is 1. The molecule has 154 valence electrons. The zero-order valence-corrected chi connectivity index (χ0v) is 17.0. The molecule has 9 heteroatoms. The maximum absolute atomic E-state index is 13.4. The van der Waals surface area contributed by atoms with Gasteiger partial charge < -0.3 is 4.90 Å². The molecule has 0 amide bonds. The number of benzene rings is 1. The standard InChI is InChI=1S/C21H19ClF2N6/c1-12-6-7-29(20-14-5-3-2-4-13(14)16(22)9-25-20)10-15(12)18-8-17(19(23)24)28-21-26-11-27-30(18)21/h2-5,8-9,11-12,15,19H,6-7,10H2,1H3/t12-,15?/m1/s1. The Bertz CT molecular complexity index is 1230. The highest BCUT2D eigenvalue weighted by atomic mass is 35.5. The molecule has 0 spiro atoms. The molecule has 1 aliphatic heterocycles. The van der Waals surface area contributed by atoms with E-state index in [1.165, 1.54) is 12.4 Å². The molecule has 0 bridgehead atoms. The lowest BCUT2D eigenvalue weighted by atomic mass is 9.84. The summed E-state index contributed by atoms with van der Waals surface area (Å²) in [5.74, 6) is 1.30. The van der Waals surface area contributed by atoms with Crippen LogP contribution in [0, 0.1) is 5.92 Å². The van der Waals surface area contributed by atoms with Crippen LogP contribution in [0.5, 0.6) is 0 Å². The molecule has 1 fully saturated rings. The first-order valence-corrected chi connectivity index (χ1v) is 10.2. The van der Waals surface area contributed by atoms with Crippen LogP contribution < -0.4 is 4.90 Å². The van der Waals surface area contributed by atoms with Gasteiger partial charge in [0.05, 0.1) is 10.7 Å². The zero-order chi connectivity index (χ0) is 20.8. The van der Waals surface area contributed by atoms with Gasteiger partial charge in [-0.1, -0.05) is 42.8 Å². The van der Waals surface area contributed by atoms with E-state index in [0.717, 1.165) is 29.6 Å². The van der Waals surface area contributed by atoms with Crippen molar-refractivity contribution in [3.8, 4) is 0 Å². The van der Waals surface area contributed by atoms with Gasteiger partial charge >= 0.3 is 0 Å². The fraction of sp³-hybridized carbons (Fsp3) is 0.333. The summed E-state index contributed by atoms with van der Waals surface area (Å²) in [7, 11) is 0. The minimum Gasteiger partial charge on any atom is -0.355 e. The van der Waals surface area contributed by atoms with Crippen LogP contribution in [0.4, 0.5) is 14.6 Å². The predicted octanol–water partition coefficient (Wildman–Crippen LogP) is 4.89. The summed E-state index contributed by atoms with van der Waals surface area (Å²) in [6, 6.07) is 9.36. The zero-order valence-electron chi connectivity index (χ0n) is 16.2. The largest absolute Gasteiger partial charge is 0.355 e. The molecular formula is C21H19ClF2N6.